The van der Waals surface area contributed by atoms with Crippen LogP contribution in [0, 0.1) is 10.1 Å². The van der Waals surface area contributed by atoms with Crippen LogP contribution in [-0.2, 0) is 17.8 Å². The molecule has 0 bridgehead atoms. The topological polar surface area (TPSA) is 52.4 Å². The number of hydrogen-bond donors (Lipinski definition) is 0. The molecule has 4 nitrogen and oxygen atoms in total. The SMILES string of the molecule is O=[N+]([O-])CC(CCc1ccccc1)OCc1ccccc1. The van der Waals surface area contributed by atoms with Crippen LogP contribution in [0.1, 0.15) is 17.5 Å². The van der Waals surface area contributed by atoms with Gasteiger partial charge < -0.3 is 4.74 Å². The summed E-state index contributed by atoms with van der Waals surface area (Å²) in [7, 11) is 0. The zero-order valence-corrected chi connectivity index (χ0v) is 11.9. The van der Waals surface area contributed by atoms with Crippen LogP contribution < -0.4 is 0 Å². The van der Waals surface area contributed by atoms with Gasteiger partial charge in [0.25, 0.3) is 0 Å². The van der Waals surface area contributed by atoms with Crippen LogP contribution in [0.15, 0.2) is 60.7 Å². The van der Waals surface area contributed by atoms with Crippen LogP contribution in [0.25, 0.3) is 0 Å². The Bertz CT molecular complexity index is 499. The van der Waals surface area contributed by atoms with Gasteiger partial charge >= 0.3 is 0 Å². The summed E-state index contributed by atoms with van der Waals surface area (Å²) in [5.41, 5.74) is 2.21. The van der Waals surface area contributed by atoms with Gasteiger partial charge in [-0.15, -0.1) is 0 Å². The zero-order chi connectivity index (χ0) is 14.9. The van der Waals surface area contributed by atoms with Gasteiger partial charge in [-0.3, -0.25) is 10.1 Å². The molecule has 21 heavy (non-hydrogen) atoms. The van der Waals surface area contributed by atoms with Crippen molar-refractivity contribution >= 4 is 0 Å². The number of nitro groups is 1. The Morgan fingerprint density at radius 1 is 0.952 bits per heavy atom. The summed E-state index contributed by atoms with van der Waals surface area (Å²) in [4.78, 5) is 10.5. The van der Waals surface area contributed by atoms with E-state index in [4.69, 9.17) is 4.74 Å². The van der Waals surface area contributed by atoms with Gasteiger partial charge in [-0.05, 0) is 24.0 Å². The molecule has 2 rings (SSSR count). The third kappa shape index (κ3) is 5.75. The highest BCUT2D eigenvalue weighted by molar-refractivity contribution is 5.15. The number of hydrogen-bond acceptors (Lipinski definition) is 3. The summed E-state index contributed by atoms with van der Waals surface area (Å²) < 4.78 is 5.72. The van der Waals surface area contributed by atoms with Crippen LogP contribution in [-0.4, -0.2) is 17.6 Å². The molecule has 0 fully saturated rings. The first-order valence-corrected chi connectivity index (χ1v) is 7.05. The quantitative estimate of drug-likeness (QED) is 0.551. The lowest BCUT2D eigenvalue weighted by atomic mass is 10.1. The number of nitrogens with zero attached hydrogens (tertiary/aromatic N) is 1. The fraction of sp³-hybridized carbons (Fsp3) is 0.294. The predicted octanol–water partition coefficient (Wildman–Crippen LogP) is 3.48. The normalized spacial score (nSPS) is 12.0. The van der Waals surface area contributed by atoms with Crippen molar-refractivity contribution in [3.63, 3.8) is 0 Å². The van der Waals surface area contributed by atoms with Gasteiger partial charge in [0, 0.05) is 4.92 Å². The second-order valence-corrected chi connectivity index (χ2v) is 4.96. The average Bonchev–Trinajstić information content (AvgIpc) is 2.51. The molecule has 0 heterocycles. The molecule has 0 saturated heterocycles. The van der Waals surface area contributed by atoms with Gasteiger partial charge in [0.15, 0.2) is 0 Å². The van der Waals surface area contributed by atoms with Crippen molar-refractivity contribution in [1.82, 2.24) is 0 Å². The first-order valence-electron chi connectivity index (χ1n) is 7.05. The standard InChI is InChI=1S/C17H19NO3/c19-18(20)13-17(12-11-15-7-3-1-4-8-15)21-14-16-9-5-2-6-10-16/h1-10,17H,11-14H2. The highest BCUT2D eigenvalue weighted by atomic mass is 16.6. The molecule has 0 aliphatic carbocycles. The molecule has 2 aromatic rings. The monoisotopic (exact) mass is 285 g/mol. The second kappa shape index (κ2) is 8.17. The van der Waals surface area contributed by atoms with Gasteiger partial charge in [-0.1, -0.05) is 60.7 Å². The van der Waals surface area contributed by atoms with Gasteiger partial charge in [0.2, 0.25) is 6.54 Å². The first-order chi connectivity index (χ1) is 10.2. The Hall–Kier alpha value is -2.20. The van der Waals surface area contributed by atoms with Crippen molar-refractivity contribution in [2.75, 3.05) is 6.54 Å². The maximum absolute atomic E-state index is 10.8. The molecule has 4 heteroatoms. The van der Waals surface area contributed by atoms with Crippen LogP contribution >= 0.6 is 0 Å². The molecule has 0 aromatic heterocycles. The lowest BCUT2D eigenvalue weighted by Crippen LogP contribution is -2.24. The maximum atomic E-state index is 10.8. The highest BCUT2D eigenvalue weighted by Gasteiger charge is 2.16. The van der Waals surface area contributed by atoms with E-state index in [9.17, 15) is 10.1 Å². The van der Waals surface area contributed by atoms with Crippen molar-refractivity contribution in [2.24, 2.45) is 0 Å². The summed E-state index contributed by atoms with van der Waals surface area (Å²) in [5, 5.41) is 10.8. The Balaban J connectivity index is 1.87. The molecule has 2 aromatic carbocycles. The molecule has 0 radical (unpaired) electrons. The lowest BCUT2D eigenvalue weighted by Gasteiger charge is -2.14. The van der Waals surface area contributed by atoms with E-state index in [0.29, 0.717) is 13.0 Å². The molecule has 110 valence electrons. The molecule has 0 aliphatic rings. The third-order valence-electron chi connectivity index (χ3n) is 3.28. The number of benzene rings is 2. The summed E-state index contributed by atoms with van der Waals surface area (Å²) in [6.07, 6.45) is 1.08. The van der Waals surface area contributed by atoms with Crippen LogP contribution in [0.3, 0.4) is 0 Å². The van der Waals surface area contributed by atoms with Gasteiger partial charge in [-0.25, -0.2) is 0 Å². The molecular weight excluding hydrogens is 266 g/mol. The fourth-order valence-corrected chi connectivity index (χ4v) is 2.15. The van der Waals surface area contributed by atoms with Crippen LogP contribution in [0.2, 0.25) is 0 Å². The van der Waals surface area contributed by atoms with Gasteiger partial charge in [0.05, 0.1) is 6.61 Å². The minimum atomic E-state index is -0.361. The Labute approximate surface area is 124 Å². The largest absolute Gasteiger partial charge is 0.367 e. The Morgan fingerprint density at radius 2 is 1.52 bits per heavy atom. The van der Waals surface area contributed by atoms with E-state index in [0.717, 1.165) is 12.0 Å². The van der Waals surface area contributed by atoms with Crippen LogP contribution in [0.4, 0.5) is 0 Å². The average molecular weight is 285 g/mol. The molecule has 0 amide bonds. The van der Waals surface area contributed by atoms with Crippen molar-refractivity contribution in [3.8, 4) is 0 Å². The van der Waals surface area contributed by atoms with E-state index < -0.39 is 0 Å². The smallest absolute Gasteiger partial charge is 0.229 e. The molecule has 0 aliphatic heterocycles. The van der Waals surface area contributed by atoms with Gasteiger partial charge in [-0.2, -0.15) is 0 Å². The van der Waals surface area contributed by atoms with Crippen molar-refractivity contribution in [2.45, 2.75) is 25.6 Å². The summed E-state index contributed by atoms with van der Waals surface area (Å²) >= 11 is 0. The fourth-order valence-electron chi connectivity index (χ4n) is 2.15. The Kier molecular flexibility index (Phi) is 5.91. The lowest BCUT2D eigenvalue weighted by molar-refractivity contribution is -0.492. The number of rotatable bonds is 8. The van der Waals surface area contributed by atoms with Crippen molar-refractivity contribution in [3.05, 3.63) is 81.9 Å². The minimum Gasteiger partial charge on any atom is -0.367 e. The Morgan fingerprint density at radius 3 is 2.10 bits per heavy atom. The van der Waals surface area contributed by atoms with E-state index in [1.165, 1.54) is 5.56 Å². The maximum Gasteiger partial charge on any atom is 0.229 e. The zero-order valence-electron chi connectivity index (χ0n) is 11.9. The molecule has 0 saturated carbocycles. The highest BCUT2D eigenvalue weighted by Crippen LogP contribution is 2.10. The molecule has 0 spiro atoms. The molecule has 1 atom stereocenters. The number of aryl methyl sites for hydroxylation is 1. The van der Waals surface area contributed by atoms with Crippen molar-refractivity contribution < 1.29 is 9.66 Å². The van der Waals surface area contributed by atoms with E-state index >= 15 is 0 Å². The third-order valence-corrected chi connectivity index (χ3v) is 3.28. The van der Waals surface area contributed by atoms with E-state index in [1.807, 2.05) is 60.7 Å². The summed E-state index contributed by atoms with van der Waals surface area (Å²) in [6.45, 7) is 0.258. The molecule has 0 N–H and O–H groups in total. The summed E-state index contributed by atoms with van der Waals surface area (Å²) in [6, 6.07) is 19.7. The minimum absolute atomic E-state index is 0.153. The van der Waals surface area contributed by atoms with E-state index in [2.05, 4.69) is 0 Å². The summed E-state index contributed by atoms with van der Waals surface area (Å²) in [5.74, 6) is 0. The van der Waals surface area contributed by atoms with Crippen molar-refractivity contribution in [1.29, 1.82) is 0 Å². The van der Waals surface area contributed by atoms with Gasteiger partial charge in [0.1, 0.15) is 6.10 Å². The predicted molar refractivity (Wildman–Crippen MR) is 81.6 cm³/mol. The number of ether oxygens (including phenoxy) is 1. The first kappa shape index (κ1) is 15.2. The van der Waals surface area contributed by atoms with E-state index in [1.54, 1.807) is 0 Å². The van der Waals surface area contributed by atoms with Crippen LogP contribution in [0.5, 0.6) is 0 Å². The van der Waals surface area contributed by atoms with E-state index in [-0.39, 0.29) is 17.6 Å². The molecular formula is C17H19NO3. The second-order valence-electron chi connectivity index (χ2n) is 4.96. The molecule has 1 unspecified atom stereocenters.